The maximum absolute atomic E-state index is 6.00. The fourth-order valence-corrected chi connectivity index (χ4v) is 4.50. The van der Waals surface area contributed by atoms with Gasteiger partial charge in [-0.2, -0.15) is 0 Å². The van der Waals surface area contributed by atoms with Gasteiger partial charge < -0.3 is 10.7 Å². The first-order valence-electron chi connectivity index (χ1n) is 10.5. The van der Waals surface area contributed by atoms with Crippen molar-refractivity contribution < 1.29 is 0 Å². The molecule has 30 heavy (non-hydrogen) atoms. The maximum atomic E-state index is 6.00. The summed E-state index contributed by atoms with van der Waals surface area (Å²) in [5.74, 6) is 0.975. The van der Waals surface area contributed by atoms with Crippen LogP contribution in [0.1, 0.15) is 47.1 Å². The molecule has 0 radical (unpaired) electrons. The minimum atomic E-state index is 0.252. The quantitative estimate of drug-likeness (QED) is 0.515. The van der Waals surface area contributed by atoms with E-state index in [2.05, 4.69) is 33.1 Å². The third-order valence-corrected chi connectivity index (χ3v) is 6.00. The van der Waals surface area contributed by atoms with Gasteiger partial charge in [0.05, 0.1) is 29.3 Å². The Morgan fingerprint density at radius 2 is 1.97 bits per heavy atom. The van der Waals surface area contributed by atoms with Crippen molar-refractivity contribution in [2.45, 2.75) is 44.9 Å². The van der Waals surface area contributed by atoms with Crippen LogP contribution >= 0.6 is 0 Å². The molecule has 0 bridgehead atoms. The highest BCUT2D eigenvalue weighted by atomic mass is 15.2. The average molecular weight is 399 g/mol. The zero-order valence-electron chi connectivity index (χ0n) is 17.0. The first-order chi connectivity index (χ1) is 14.8. The molecule has 1 aliphatic rings. The normalized spacial score (nSPS) is 16.1. The van der Waals surface area contributed by atoms with Crippen LogP contribution in [0.15, 0.2) is 61.1 Å². The number of hydrogen-bond donors (Lipinski definition) is 2. The second kappa shape index (κ2) is 8.34. The van der Waals surface area contributed by atoms with Crippen molar-refractivity contribution in [1.29, 1.82) is 0 Å². The van der Waals surface area contributed by atoms with E-state index in [0.717, 1.165) is 48.4 Å². The molecule has 3 heterocycles. The molecule has 4 aromatic rings. The highest BCUT2D eigenvalue weighted by Crippen LogP contribution is 2.35. The number of nitrogens with one attached hydrogen (secondary N) is 1. The van der Waals surface area contributed by atoms with Crippen molar-refractivity contribution in [3.8, 4) is 0 Å². The van der Waals surface area contributed by atoms with E-state index in [1.165, 1.54) is 23.2 Å². The van der Waals surface area contributed by atoms with E-state index < -0.39 is 0 Å². The van der Waals surface area contributed by atoms with E-state index >= 15 is 0 Å². The van der Waals surface area contributed by atoms with Crippen molar-refractivity contribution in [2.24, 2.45) is 5.73 Å². The molecule has 1 unspecified atom stereocenters. The Morgan fingerprint density at radius 1 is 1.03 bits per heavy atom. The predicted molar refractivity (Wildman–Crippen MR) is 117 cm³/mol. The average Bonchev–Trinajstić information content (AvgIpc) is 3.21. The third kappa shape index (κ3) is 3.72. The van der Waals surface area contributed by atoms with Gasteiger partial charge >= 0.3 is 0 Å². The summed E-state index contributed by atoms with van der Waals surface area (Å²) in [4.78, 5) is 19.8. The molecular weight excluding hydrogens is 372 g/mol. The lowest BCUT2D eigenvalue weighted by atomic mass is 9.90. The summed E-state index contributed by atoms with van der Waals surface area (Å²) in [6.07, 6.45) is 8.99. The number of para-hydroxylation sites is 2. The Labute approximate surface area is 176 Å². The largest absolute Gasteiger partial charge is 0.341 e. The zero-order chi connectivity index (χ0) is 20.3. The number of nitrogens with zero attached hydrogens (tertiary/aromatic N) is 4. The molecule has 0 spiro atoms. The number of imidazole rings is 1. The van der Waals surface area contributed by atoms with Gasteiger partial charge in [0.1, 0.15) is 5.82 Å². The Bertz CT molecular complexity index is 1120. The molecular formula is C24H26N6. The zero-order valence-corrected chi connectivity index (χ0v) is 17.0. The third-order valence-electron chi connectivity index (χ3n) is 6.00. The Morgan fingerprint density at radius 3 is 2.87 bits per heavy atom. The van der Waals surface area contributed by atoms with Crippen LogP contribution in [0.3, 0.4) is 0 Å². The van der Waals surface area contributed by atoms with Crippen LogP contribution < -0.4 is 5.73 Å². The first-order valence-corrected chi connectivity index (χ1v) is 10.5. The monoisotopic (exact) mass is 398 g/mol. The Balaban J connectivity index is 1.52. The van der Waals surface area contributed by atoms with E-state index in [1.54, 1.807) is 0 Å². The van der Waals surface area contributed by atoms with Gasteiger partial charge in [-0.15, -0.1) is 0 Å². The molecule has 152 valence electrons. The minimum absolute atomic E-state index is 0.252. The smallest absolute Gasteiger partial charge is 0.121 e. The van der Waals surface area contributed by atoms with Crippen LogP contribution in [0.5, 0.6) is 0 Å². The van der Waals surface area contributed by atoms with Crippen molar-refractivity contribution in [3.63, 3.8) is 0 Å². The topological polar surface area (TPSA) is 83.7 Å². The van der Waals surface area contributed by atoms with Crippen molar-refractivity contribution in [1.82, 2.24) is 24.8 Å². The van der Waals surface area contributed by atoms with Gasteiger partial charge in [0.25, 0.3) is 0 Å². The SMILES string of the molecule is NCc1cnccc1CN(Cc1nc2ccccc2[nH]1)C1CCCc2cccnc21. The number of aromatic nitrogens is 4. The second-order valence-electron chi connectivity index (χ2n) is 7.91. The van der Waals surface area contributed by atoms with Gasteiger partial charge in [0.15, 0.2) is 0 Å². The van der Waals surface area contributed by atoms with Crippen LogP contribution in [-0.2, 0) is 26.1 Å². The molecule has 1 aliphatic carbocycles. The Hall–Kier alpha value is -3.09. The molecule has 3 N–H and O–H groups in total. The van der Waals surface area contributed by atoms with E-state index in [-0.39, 0.29) is 6.04 Å². The number of hydrogen-bond acceptors (Lipinski definition) is 5. The Kier molecular flexibility index (Phi) is 5.26. The number of aryl methyl sites for hydroxylation is 1. The number of pyridine rings is 2. The summed E-state index contributed by atoms with van der Waals surface area (Å²) in [6.45, 7) is 2.00. The van der Waals surface area contributed by atoms with Crippen LogP contribution in [0.25, 0.3) is 11.0 Å². The van der Waals surface area contributed by atoms with Crippen molar-refractivity contribution in [2.75, 3.05) is 0 Å². The summed E-state index contributed by atoms with van der Waals surface area (Å²) >= 11 is 0. The number of nitrogens with two attached hydrogens (primary N) is 1. The van der Waals surface area contributed by atoms with Crippen LogP contribution in [0.2, 0.25) is 0 Å². The molecule has 3 aromatic heterocycles. The van der Waals surface area contributed by atoms with Crippen LogP contribution in [0.4, 0.5) is 0 Å². The molecule has 6 nitrogen and oxygen atoms in total. The van der Waals surface area contributed by atoms with Gasteiger partial charge in [0, 0.05) is 31.7 Å². The van der Waals surface area contributed by atoms with E-state index in [0.29, 0.717) is 6.54 Å². The number of H-pyrrole nitrogens is 1. The highest BCUT2D eigenvalue weighted by molar-refractivity contribution is 5.74. The summed E-state index contributed by atoms with van der Waals surface area (Å²) < 4.78 is 0. The summed E-state index contributed by atoms with van der Waals surface area (Å²) in [5.41, 5.74) is 12.9. The fraction of sp³-hybridized carbons (Fsp3) is 0.292. The summed E-state index contributed by atoms with van der Waals surface area (Å²) in [7, 11) is 0. The minimum Gasteiger partial charge on any atom is -0.341 e. The van der Waals surface area contributed by atoms with Crippen molar-refractivity contribution in [3.05, 3.63) is 89.3 Å². The lowest BCUT2D eigenvalue weighted by Crippen LogP contribution is -2.32. The van der Waals surface area contributed by atoms with E-state index in [1.807, 2.05) is 42.9 Å². The number of benzene rings is 1. The van der Waals surface area contributed by atoms with E-state index in [9.17, 15) is 0 Å². The number of aromatic amines is 1. The standard InChI is InChI=1S/C24H26N6/c25-13-19-14-26-12-10-18(19)15-30(16-23-28-20-7-1-2-8-21(20)29-23)22-9-3-5-17-6-4-11-27-24(17)22/h1-2,4,6-8,10-12,14,22H,3,5,9,13,15-16,25H2,(H,28,29). The van der Waals surface area contributed by atoms with Gasteiger partial charge in [-0.05, 0) is 60.2 Å². The molecule has 1 aromatic carbocycles. The molecule has 0 amide bonds. The first kappa shape index (κ1) is 18.9. The highest BCUT2D eigenvalue weighted by Gasteiger charge is 2.28. The predicted octanol–water partition coefficient (Wildman–Crippen LogP) is 3.89. The van der Waals surface area contributed by atoms with Gasteiger partial charge in [-0.1, -0.05) is 18.2 Å². The lowest BCUT2D eigenvalue weighted by molar-refractivity contribution is 0.153. The van der Waals surface area contributed by atoms with Crippen LogP contribution in [-0.4, -0.2) is 24.8 Å². The molecule has 5 rings (SSSR count). The fourth-order valence-electron chi connectivity index (χ4n) is 4.50. The van der Waals surface area contributed by atoms with Gasteiger partial charge in [-0.3, -0.25) is 14.9 Å². The molecule has 0 fully saturated rings. The summed E-state index contributed by atoms with van der Waals surface area (Å²) in [6, 6.07) is 14.8. The number of rotatable bonds is 6. The summed E-state index contributed by atoms with van der Waals surface area (Å²) in [5, 5.41) is 0. The maximum Gasteiger partial charge on any atom is 0.121 e. The lowest BCUT2D eigenvalue weighted by Gasteiger charge is -2.35. The van der Waals surface area contributed by atoms with Crippen LogP contribution in [0, 0.1) is 0 Å². The van der Waals surface area contributed by atoms with Gasteiger partial charge in [0.2, 0.25) is 0 Å². The van der Waals surface area contributed by atoms with Crippen molar-refractivity contribution >= 4 is 11.0 Å². The second-order valence-corrected chi connectivity index (χ2v) is 7.91. The molecule has 0 aliphatic heterocycles. The molecule has 0 saturated carbocycles. The molecule has 1 atom stereocenters. The number of fused-ring (bicyclic) bond motifs is 2. The van der Waals surface area contributed by atoms with E-state index in [4.69, 9.17) is 15.7 Å². The van der Waals surface area contributed by atoms with Gasteiger partial charge in [-0.25, -0.2) is 4.98 Å². The molecule has 0 saturated heterocycles. The molecule has 6 heteroatoms.